The molecule has 0 saturated heterocycles. The predicted octanol–water partition coefficient (Wildman–Crippen LogP) is 9.14. The van der Waals surface area contributed by atoms with E-state index >= 15 is 0 Å². The van der Waals surface area contributed by atoms with Crippen LogP contribution in [0.4, 0.5) is 0 Å². The second kappa shape index (κ2) is 10.1. The summed E-state index contributed by atoms with van der Waals surface area (Å²) in [5.74, 6) is 0.329. The normalized spacial score (nSPS) is 12.1. The Kier molecular flexibility index (Phi) is 6.58. The molecule has 0 aliphatic rings. The summed E-state index contributed by atoms with van der Waals surface area (Å²) in [5, 5.41) is 2.66. The highest BCUT2D eigenvalue weighted by atomic mass is 14.2. The molecular weight excluding hydrogens is 408 g/mol. The molecule has 0 N–H and O–H groups in total. The fourth-order valence-corrected chi connectivity index (χ4v) is 5.14. The van der Waals surface area contributed by atoms with Gasteiger partial charge in [0.25, 0.3) is 0 Å². The van der Waals surface area contributed by atoms with Crippen molar-refractivity contribution >= 4 is 10.8 Å². The summed E-state index contributed by atoms with van der Waals surface area (Å²) < 4.78 is 0. The molecule has 0 amide bonds. The Morgan fingerprint density at radius 1 is 0.618 bits per heavy atom. The van der Waals surface area contributed by atoms with E-state index in [1.54, 1.807) is 0 Å². The molecule has 0 heterocycles. The zero-order valence-electron chi connectivity index (χ0n) is 20.2. The molecule has 5 rings (SSSR count). The van der Waals surface area contributed by atoms with Gasteiger partial charge in [-0.3, -0.25) is 0 Å². The number of rotatable bonds is 7. The van der Waals surface area contributed by atoms with E-state index < -0.39 is 0 Å². The number of benzene rings is 5. The first-order valence-corrected chi connectivity index (χ1v) is 12.4. The lowest BCUT2D eigenvalue weighted by Gasteiger charge is -2.19. The minimum absolute atomic E-state index is 0.329. The average molecular weight is 441 g/mol. The van der Waals surface area contributed by atoms with Gasteiger partial charge in [0.15, 0.2) is 0 Å². The van der Waals surface area contributed by atoms with E-state index in [2.05, 4.69) is 129 Å². The van der Waals surface area contributed by atoms with Crippen LogP contribution in [0.3, 0.4) is 0 Å². The lowest BCUT2D eigenvalue weighted by Crippen LogP contribution is -2.00. The number of hydrogen-bond acceptors (Lipinski definition) is 0. The van der Waals surface area contributed by atoms with Gasteiger partial charge in [-0.15, -0.1) is 0 Å². The van der Waals surface area contributed by atoms with Crippen LogP contribution in [0, 0.1) is 6.92 Å². The van der Waals surface area contributed by atoms with Crippen LogP contribution in [-0.4, -0.2) is 0 Å². The van der Waals surface area contributed by atoms with Crippen molar-refractivity contribution in [1.29, 1.82) is 0 Å². The van der Waals surface area contributed by atoms with Crippen molar-refractivity contribution in [3.63, 3.8) is 0 Å². The fourth-order valence-electron chi connectivity index (χ4n) is 5.14. The van der Waals surface area contributed by atoms with E-state index in [1.165, 1.54) is 49.7 Å². The molecule has 0 aliphatic carbocycles. The zero-order valence-corrected chi connectivity index (χ0v) is 20.2. The summed E-state index contributed by atoms with van der Waals surface area (Å²) in [7, 11) is 0. The van der Waals surface area contributed by atoms with Gasteiger partial charge in [0.2, 0.25) is 0 Å². The summed E-state index contributed by atoms with van der Waals surface area (Å²) in [6.45, 7) is 4.57. The van der Waals surface area contributed by atoms with Crippen molar-refractivity contribution in [3.05, 3.63) is 143 Å². The average Bonchev–Trinajstić information content (AvgIpc) is 2.89. The van der Waals surface area contributed by atoms with Crippen molar-refractivity contribution in [2.24, 2.45) is 0 Å². The molecule has 0 bridgehead atoms. The van der Waals surface area contributed by atoms with Gasteiger partial charge in [-0.1, -0.05) is 122 Å². The van der Waals surface area contributed by atoms with Gasteiger partial charge >= 0.3 is 0 Å². The molecule has 1 unspecified atom stereocenters. The maximum absolute atomic E-state index is 2.43. The maximum Gasteiger partial charge on any atom is 0.00673 e. The van der Waals surface area contributed by atoms with E-state index in [9.17, 15) is 0 Å². The summed E-state index contributed by atoms with van der Waals surface area (Å²) >= 11 is 0. The molecule has 0 aliphatic heterocycles. The first-order chi connectivity index (χ1) is 16.7. The van der Waals surface area contributed by atoms with Crippen molar-refractivity contribution < 1.29 is 0 Å². The highest BCUT2D eigenvalue weighted by Crippen LogP contribution is 2.35. The van der Waals surface area contributed by atoms with Gasteiger partial charge in [-0.05, 0) is 75.9 Å². The Labute approximate surface area is 203 Å². The van der Waals surface area contributed by atoms with Crippen LogP contribution >= 0.6 is 0 Å². The first kappa shape index (κ1) is 22.2. The van der Waals surface area contributed by atoms with Crippen LogP contribution in [0.5, 0.6) is 0 Å². The molecule has 0 heteroatoms. The number of aryl methyl sites for hydroxylation is 3. The topological polar surface area (TPSA) is 0 Å². The molecule has 0 aromatic heterocycles. The fraction of sp³-hybridized carbons (Fsp3) is 0.176. The van der Waals surface area contributed by atoms with E-state index in [1.807, 2.05) is 0 Å². The van der Waals surface area contributed by atoms with Crippen molar-refractivity contribution in [1.82, 2.24) is 0 Å². The highest BCUT2D eigenvalue weighted by molar-refractivity contribution is 5.86. The second-order valence-corrected chi connectivity index (χ2v) is 9.36. The van der Waals surface area contributed by atoms with Crippen LogP contribution in [-0.2, 0) is 12.8 Å². The van der Waals surface area contributed by atoms with Gasteiger partial charge in [-0.25, -0.2) is 0 Å². The molecule has 5 aromatic rings. The van der Waals surface area contributed by atoms with Gasteiger partial charge < -0.3 is 0 Å². The minimum atomic E-state index is 0.329. The van der Waals surface area contributed by atoms with Crippen LogP contribution < -0.4 is 0 Å². The SMILES string of the molecule is Cc1ccc(C(C)c2cccc3ccccc23)cc1-c1ccccc1CCCc1ccccc1. The first-order valence-electron chi connectivity index (χ1n) is 12.4. The molecule has 0 fully saturated rings. The number of hydrogen-bond donors (Lipinski definition) is 0. The summed E-state index contributed by atoms with van der Waals surface area (Å²) in [6, 6.07) is 42.2. The quantitative estimate of drug-likeness (QED) is 0.237. The van der Waals surface area contributed by atoms with Gasteiger partial charge in [0, 0.05) is 5.92 Å². The van der Waals surface area contributed by atoms with E-state index in [0.717, 1.165) is 19.3 Å². The Bertz CT molecular complexity index is 1390. The molecule has 168 valence electrons. The van der Waals surface area contributed by atoms with E-state index in [0.29, 0.717) is 5.92 Å². The standard InChI is InChI=1S/C34H32/c1-25-22-23-30(26(2)31-21-11-18-28-15-6-8-19-32(28)31)24-34(25)33-20-9-7-16-29(33)17-10-14-27-12-4-3-5-13-27/h3-9,11-13,15-16,18-24,26H,10,14,17H2,1-2H3. The van der Waals surface area contributed by atoms with Crippen molar-refractivity contribution in [2.45, 2.75) is 39.0 Å². The van der Waals surface area contributed by atoms with Crippen LogP contribution in [0.2, 0.25) is 0 Å². The Hall–Kier alpha value is -3.64. The van der Waals surface area contributed by atoms with Gasteiger partial charge in [0.1, 0.15) is 0 Å². The Morgan fingerprint density at radius 2 is 1.35 bits per heavy atom. The predicted molar refractivity (Wildman–Crippen MR) is 147 cm³/mol. The van der Waals surface area contributed by atoms with E-state index in [4.69, 9.17) is 0 Å². The van der Waals surface area contributed by atoms with Crippen molar-refractivity contribution in [2.75, 3.05) is 0 Å². The largest absolute Gasteiger partial charge is 0.0622 e. The number of fused-ring (bicyclic) bond motifs is 1. The smallest absolute Gasteiger partial charge is 0.00673 e. The summed E-state index contributed by atoms with van der Waals surface area (Å²) in [4.78, 5) is 0. The van der Waals surface area contributed by atoms with Crippen LogP contribution in [0.25, 0.3) is 21.9 Å². The monoisotopic (exact) mass is 440 g/mol. The zero-order chi connectivity index (χ0) is 23.3. The van der Waals surface area contributed by atoms with Gasteiger partial charge in [-0.2, -0.15) is 0 Å². The van der Waals surface area contributed by atoms with Crippen molar-refractivity contribution in [3.8, 4) is 11.1 Å². The third kappa shape index (κ3) is 4.68. The van der Waals surface area contributed by atoms with Gasteiger partial charge in [0.05, 0.1) is 0 Å². The summed E-state index contributed by atoms with van der Waals surface area (Å²) in [5.41, 5.74) is 9.70. The molecular formula is C34H32. The van der Waals surface area contributed by atoms with E-state index in [-0.39, 0.29) is 0 Å². The second-order valence-electron chi connectivity index (χ2n) is 9.36. The highest BCUT2D eigenvalue weighted by Gasteiger charge is 2.15. The van der Waals surface area contributed by atoms with Crippen LogP contribution in [0.15, 0.2) is 115 Å². The molecule has 5 aromatic carbocycles. The molecule has 0 spiro atoms. The lowest BCUT2D eigenvalue weighted by molar-refractivity contribution is 0.821. The molecule has 34 heavy (non-hydrogen) atoms. The summed E-state index contributed by atoms with van der Waals surface area (Å²) in [6.07, 6.45) is 3.37. The Morgan fingerprint density at radius 3 is 2.24 bits per heavy atom. The molecule has 0 saturated carbocycles. The molecule has 1 atom stereocenters. The molecule has 0 nitrogen and oxygen atoms in total. The maximum atomic E-state index is 2.43. The lowest BCUT2D eigenvalue weighted by atomic mass is 9.85. The third-order valence-corrected chi connectivity index (χ3v) is 7.11. The Balaban J connectivity index is 1.45. The molecule has 0 radical (unpaired) electrons. The minimum Gasteiger partial charge on any atom is -0.0622 e. The van der Waals surface area contributed by atoms with Crippen LogP contribution in [0.1, 0.15) is 47.1 Å². The third-order valence-electron chi connectivity index (χ3n) is 7.11.